The summed E-state index contributed by atoms with van der Waals surface area (Å²) in [6.07, 6.45) is 2.89. The van der Waals surface area contributed by atoms with Crippen molar-refractivity contribution in [3.8, 4) is 6.07 Å². The number of para-hydroxylation sites is 1. The summed E-state index contributed by atoms with van der Waals surface area (Å²) in [5, 5.41) is 9.57. The quantitative estimate of drug-likeness (QED) is 0.504. The van der Waals surface area contributed by atoms with E-state index in [1.54, 1.807) is 42.5 Å². The third-order valence-corrected chi connectivity index (χ3v) is 4.25. The summed E-state index contributed by atoms with van der Waals surface area (Å²) < 4.78 is 5.00. The lowest BCUT2D eigenvalue weighted by atomic mass is 10.2. The first kappa shape index (κ1) is 20.5. The molecule has 0 bridgehead atoms. The van der Waals surface area contributed by atoms with Crippen LogP contribution in [0.15, 0.2) is 54.6 Å². The Labute approximate surface area is 167 Å². The summed E-state index contributed by atoms with van der Waals surface area (Å²) >= 11 is 11.7. The number of hydrogen-bond acceptors (Lipinski definition) is 4. The summed E-state index contributed by atoms with van der Waals surface area (Å²) in [7, 11) is 0. The van der Waals surface area contributed by atoms with Crippen LogP contribution in [0.3, 0.4) is 0 Å². The topological polar surface area (TPSA) is 70.4 Å². The zero-order valence-electron chi connectivity index (χ0n) is 14.3. The van der Waals surface area contributed by atoms with Crippen molar-refractivity contribution in [1.82, 2.24) is 0 Å². The van der Waals surface area contributed by atoms with Gasteiger partial charge in [-0.3, -0.25) is 4.79 Å². The summed E-state index contributed by atoms with van der Waals surface area (Å²) in [6.45, 7) is -0.207. The summed E-state index contributed by atoms with van der Waals surface area (Å²) in [5.74, 6) is -1.07. The molecule has 0 N–H and O–H groups in total. The van der Waals surface area contributed by atoms with Gasteiger partial charge in [0.15, 0.2) is 6.61 Å². The minimum Gasteiger partial charge on any atom is -0.452 e. The van der Waals surface area contributed by atoms with Crippen molar-refractivity contribution in [2.75, 3.05) is 18.1 Å². The van der Waals surface area contributed by atoms with Crippen LogP contribution in [0.4, 0.5) is 5.69 Å². The molecule has 0 spiro atoms. The van der Waals surface area contributed by atoms with Gasteiger partial charge in [-0.2, -0.15) is 5.26 Å². The van der Waals surface area contributed by atoms with Gasteiger partial charge in [0.05, 0.1) is 22.5 Å². The van der Waals surface area contributed by atoms with Crippen LogP contribution in [-0.4, -0.2) is 25.0 Å². The van der Waals surface area contributed by atoms with E-state index in [-0.39, 0.29) is 13.0 Å². The van der Waals surface area contributed by atoms with Crippen molar-refractivity contribution in [1.29, 1.82) is 5.26 Å². The highest BCUT2D eigenvalue weighted by molar-refractivity contribution is 6.42. The van der Waals surface area contributed by atoms with Crippen LogP contribution in [0.25, 0.3) is 6.08 Å². The molecule has 0 atom stereocenters. The molecule has 0 fully saturated rings. The number of esters is 1. The number of carbonyl (C=O) groups is 2. The van der Waals surface area contributed by atoms with E-state index < -0.39 is 18.5 Å². The van der Waals surface area contributed by atoms with Crippen molar-refractivity contribution in [2.24, 2.45) is 0 Å². The lowest BCUT2D eigenvalue weighted by Crippen LogP contribution is -2.35. The molecule has 0 aliphatic rings. The first-order valence-electron chi connectivity index (χ1n) is 8.03. The molecule has 27 heavy (non-hydrogen) atoms. The van der Waals surface area contributed by atoms with E-state index >= 15 is 0 Å². The SMILES string of the molecule is N#CCCN(C(=O)COC(=O)C=Cc1ccc(Cl)c(Cl)c1)c1ccccc1. The van der Waals surface area contributed by atoms with Gasteiger partial charge in [0.2, 0.25) is 0 Å². The lowest BCUT2D eigenvalue weighted by Gasteiger charge is -2.21. The molecule has 0 aliphatic heterocycles. The molecule has 1 amide bonds. The zero-order valence-corrected chi connectivity index (χ0v) is 15.8. The van der Waals surface area contributed by atoms with Crippen molar-refractivity contribution in [3.05, 3.63) is 70.2 Å². The maximum absolute atomic E-state index is 12.4. The van der Waals surface area contributed by atoms with Crippen LogP contribution < -0.4 is 4.90 Å². The normalized spacial score (nSPS) is 10.4. The molecule has 0 saturated heterocycles. The number of amides is 1. The Kier molecular flexibility index (Phi) is 7.87. The highest BCUT2D eigenvalue weighted by Gasteiger charge is 2.16. The predicted octanol–water partition coefficient (Wildman–Crippen LogP) is 4.50. The highest BCUT2D eigenvalue weighted by atomic mass is 35.5. The van der Waals surface area contributed by atoms with E-state index in [4.69, 9.17) is 33.2 Å². The number of hydrogen-bond donors (Lipinski definition) is 0. The zero-order chi connectivity index (χ0) is 19.6. The van der Waals surface area contributed by atoms with Crippen LogP contribution >= 0.6 is 23.2 Å². The monoisotopic (exact) mass is 402 g/mol. The van der Waals surface area contributed by atoms with Crippen LogP contribution in [0.5, 0.6) is 0 Å². The van der Waals surface area contributed by atoms with E-state index in [2.05, 4.69) is 0 Å². The molecule has 138 valence electrons. The molecule has 0 heterocycles. The van der Waals surface area contributed by atoms with Gasteiger partial charge in [-0.05, 0) is 35.9 Å². The number of nitrogens with zero attached hydrogens (tertiary/aromatic N) is 2. The average Bonchev–Trinajstić information content (AvgIpc) is 2.68. The summed E-state index contributed by atoms with van der Waals surface area (Å²) in [5.41, 5.74) is 1.31. The van der Waals surface area contributed by atoms with Gasteiger partial charge in [0.25, 0.3) is 5.91 Å². The second kappa shape index (κ2) is 10.4. The Morgan fingerprint density at radius 1 is 1.11 bits per heavy atom. The van der Waals surface area contributed by atoms with Gasteiger partial charge in [0.1, 0.15) is 0 Å². The number of carbonyl (C=O) groups excluding carboxylic acids is 2. The molecule has 0 aromatic heterocycles. The summed E-state index contributed by atoms with van der Waals surface area (Å²) in [4.78, 5) is 25.7. The second-order valence-electron chi connectivity index (χ2n) is 5.40. The smallest absolute Gasteiger partial charge is 0.331 e. The minimum atomic E-state index is -0.664. The third-order valence-electron chi connectivity index (χ3n) is 3.51. The Hall–Kier alpha value is -2.81. The van der Waals surface area contributed by atoms with Gasteiger partial charge in [0, 0.05) is 18.3 Å². The summed E-state index contributed by atoms with van der Waals surface area (Å²) in [6, 6.07) is 15.8. The Balaban J connectivity index is 1.95. The van der Waals surface area contributed by atoms with Crippen LogP contribution in [0.2, 0.25) is 10.0 Å². The average molecular weight is 403 g/mol. The van der Waals surface area contributed by atoms with Crippen molar-refractivity contribution >= 4 is 46.8 Å². The second-order valence-corrected chi connectivity index (χ2v) is 6.22. The van der Waals surface area contributed by atoms with Gasteiger partial charge in [-0.1, -0.05) is 47.5 Å². The number of benzene rings is 2. The fourth-order valence-electron chi connectivity index (χ4n) is 2.21. The molecule has 0 unspecified atom stereocenters. The third kappa shape index (κ3) is 6.45. The van der Waals surface area contributed by atoms with Gasteiger partial charge >= 0.3 is 5.97 Å². The molecular weight excluding hydrogens is 387 g/mol. The van der Waals surface area contributed by atoms with Gasteiger partial charge in [-0.15, -0.1) is 0 Å². The van der Waals surface area contributed by atoms with E-state index in [1.165, 1.54) is 17.1 Å². The van der Waals surface area contributed by atoms with E-state index in [0.29, 0.717) is 21.3 Å². The van der Waals surface area contributed by atoms with Crippen molar-refractivity contribution < 1.29 is 14.3 Å². The highest BCUT2D eigenvalue weighted by Crippen LogP contribution is 2.23. The fourth-order valence-corrected chi connectivity index (χ4v) is 2.51. The standard InChI is InChI=1S/C20H16Cl2N2O3/c21-17-9-7-15(13-18(17)22)8-10-20(26)27-14-19(25)24(12-4-11-23)16-5-2-1-3-6-16/h1-3,5-10,13H,4,12,14H2. The minimum absolute atomic E-state index is 0.172. The number of anilines is 1. The molecule has 0 saturated carbocycles. The van der Waals surface area contributed by atoms with Crippen LogP contribution in [-0.2, 0) is 14.3 Å². The molecule has 0 aliphatic carbocycles. The maximum Gasteiger partial charge on any atom is 0.331 e. The maximum atomic E-state index is 12.4. The first-order valence-corrected chi connectivity index (χ1v) is 8.79. The molecule has 2 aromatic rings. The van der Waals surface area contributed by atoms with Crippen LogP contribution in [0.1, 0.15) is 12.0 Å². The molecule has 2 rings (SSSR count). The number of halogens is 2. The van der Waals surface area contributed by atoms with Crippen molar-refractivity contribution in [2.45, 2.75) is 6.42 Å². The molecule has 5 nitrogen and oxygen atoms in total. The Morgan fingerprint density at radius 3 is 2.52 bits per heavy atom. The Bertz CT molecular complexity index is 877. The molecule has 2 aromatic carbocycles. The van der Waals surface area contributed by atoms with E-state index in [1.807, 2.05) is 12.1 Å². The van der Waals surface area contributed by atoms with E-state index in [0.717, 1.165) is 0 Å². The van der Waals surface area contributed by atoms with Crippen LogP contribution in [0, 0.1) is 11.3 Å². The Morgan fingerprint density at radius 2 is 1.85 bits per heavy atom. The predicted molar refractivity (Wildman–Crippen MR) is 105 cm³/mol. The van der Waals surface area contributed by atoms with Gasteiger partial charge in [-0.25, -0.2) is 4.79 Å². The first-order chi connectivity index (χ1) is 13.0. The number of rotatable bonds is 7. The molecular formula is C20H16Cl2N2O3. The fraction of sp³-hybridized carbons (Fsp3) is 0.150. The van der Waals surface area contributed by atoms with E-state index in [9.17, 15) is 9.59 Å². The lowest BCUT2D eigenvalue weighted by molar-refractivity contribution is -0.142. The number of nitriles is 1. The molecule has 7 heteroatoms. The number of ether oxygens (including phenoxy) is 1. The van der Waals surface area contributed by atoms with Crippen molar-refractivity contribution in [3.63, 3.8) is 0 Å². The largest absolute Gasteiger partial charge is 0.452 e. The molecule has 0 radical (unpaired) electrons. The van der Waals surface area contributed by atoms with Gasteiger partial charge < -0.3 is 9.64 Å².